The summed E-state index contributed by atoms with van der Waals surface area (Å²) in [4.78, 5) is 21.7. The zero-order valence-corrected chi connectivity index (χ0v) is 20.9. The first-order valence-corrected chi connectivity index (χ1v) is 12.9. The molecule has 0 radical (unpaired) electrons. The number of hydrogen-bond acceptors (Lipinski definition) is 7. The minimum atomic E-state index is -4.10. The van der Waals surface area contributed by atoms with E-state index in [-0.39, 0.29) is 28.8 Å². The molecule has 0 atom stereocenters. The van der Waals surface area contributed by atoms with E-state index in [2.05, 4.69) is 14.7 Å². The number of para-hydroxylation sites is 1. The van der Waals surface area contributed by atoms with Crippen molar-refractivity contribution in [3.63, 3.8) is 0 Å². The number of aromatic nitrogens is 3. The highest BCUT2D eigenvalue weighted by atomic mass is 32.2. The van der Waals surface area contributed by atoms with Crippen molar-refractivity contribution in [2.45, 2.75) is 11.4 Å². The number of rotatable bonds is 7. The molecule has 0 bridgehead atoms. The van der Waals surface area contributed by atoms with Crippen molar-refractivity contribution in [1.29, 1.82) is 0 Å². The number of benzene rings is 3. The number of anilines is 1. The Morgan fingerprint density at radius 1 is 1.00 bits per heavy atom. The molecule has 3 aromatic carbocycles. The van der Waals surface area contributed by atoms with E-state index in [1.807, 2.05) is 6.07 Å². The van der Waals surface area contributed by atoms with Gasteiger partial charge in [-0.15, -0.1) is 0 Å². The van der Waals surface area contributed by atoms with Crippen molar-refractivity contribution >= 4 is 26.9 Å². The molecule has 192 valence electrons. The van der Waals surface area contributed by atoms with Crippen molar-refractivity contribution in [3.05, 3.63) is 107 Å². The van der Waals surface area contributed by atoms with Crippen LogP contribution >= 0.6 is 0 Å². The van der Waals surface area contributed by atoms with Gasteiger partial charge in [-0.3, -0.25) is 4.79 Å². The molecule has 2 aromatic heterocycles. The Bertz CT molecular complexity index is 1830. The highest BCUT2D eigenvalue weighted by Crippen LogP contribution is 2.29. The summed E-state index contributed by atoms with van der Waals surface area (Å²) in [5.41, 5.74) is 8.10. The SMILES string of the molecule is COc1ncc(-c2ccc3nc(N)n(-c4ccccc4)c(=O)c3c2)cc1S(=O)(=O)NCc1cccc(F)c1. The van der Waals surface area contributed by atoms with Crippen molar-refractivity contribution in [3.8, 4) is 22.7 Å². The normalized spacial score (nSPS) is 11.5. The maximum Gasteiger partial charge on any atom is 0.267 e. The van der Waals surface area contributed by atoms with Crippen LogP contribution in [0.25, 0.3) is 27.7 Å². The van der Waals surface area contributed by atoms with Crippen molar-refractivity contribution < 1.29 is 17.5 Å². The average Bonchev–Trinajstić information content (AvgIpc) is 2.92. The highest BCUT2D eigenvalue weighted by Gasteiger charge is 2.22. The fourth-order valence-corrected chi connectivity index (χ4v) is 5.21. The first kappa shape index (κ1) is 25.1. The molecule has 0 spiro atoms. The number of nitrogens with two attached hydrogens (primary N) is 1. The van der Waals surface area contributed by atoms with Crippen molar-refractivity contribution in [2.75, 3.05) is 12.8 Å². The van der Waals surface area contributed by atoms with Crippen LogP contribution < -0.4 is 20.8 Å². The smallest absolute Gasteiger partial charge is 0.267 e. The maximum atomic E-state index is 13.5. The second kappa shape index (κ2) is 10.0. The quantitative estimate of drug-likeness (QED) is 0.328. The van der Waals surface area contributed by atoms with Crippen LogP contribution in [-0.2, 0) is 16.6 Å². The molecular formula is C27H22FN5O4S. The lowest BCUT2D eigenvalue weighted by atomic mass is 10.1. The molecule has 0 aliphatic rings. The molecule has 5 rings (SSSR count). The summed E-state index contributed by atoms with van der Waals surface area (Å²) in [5, 5.41) is 0.296. The van der Waals surface area contributed by atoms with Gasteiger partial charge in [-0.2, -0.15) is 0 Å². The van der Waals surface area contributed by atoms with Gasteiger partial charge in [0.2, 0.25) is 21.9 Å². The van der Waals surface area contributed by atoms with E-state index in [1.54, 1.807) is 48.5 Å². The second-order valence-corrected chi connectivity index (χ2v) is 10.1. The summed E-state index contributed by atoms with van der Waals surface area (Å²) in [5.74, 6) is -0.533. The van der Waals surface area contributed by atoms with Crippen LogP contribution in [0.2, 0.25) is 0 Å². The Balaban J connectivity index is 1.56. The number of methoxy groups -OCH3 is 1. The van der Waals surface area contributed by atoms with Crippen molar-refractivity contribution in [2.24, 2.45) is 0 Å². The van der Waals surface area contributed by atoms with Gasteiger partial charge < -0.3 is 10.5 Å². The van der Waals surface area contributed by atoms with Gasteiger partial charge in [0.15, 0.2) is 0 Å². The van der Waals surface area contributed by atoms with Crippen LogP contribution in [-0.4, -0.2) is 30.1 Å². The molecule has 0 aliphatic heterocycles. The van der Waals surface area contributed by atoms with E-state index in [0.29, 0.717) is 33.3 Å². The predicted octanol–water partition coefficient (Wildman–Crippen LogP) is 3.66. The number of nitrogens with one attached hydrogen (secondary N) is 1. The number of halogens is 1. The van der Waals surface area contributed by atoms with E-state index in [1.165, 1.54) is 42.1 Å². The Labute approximate surface area is 217 Å². The van der Waals surface area contributed by atoms with Gasteiger partial charge in [0.05, 0.1) is 23.7 Å². The molecule has 5 aromatic rings. The number of hydrogen-bond donors (Lipinski definition) is 2. The Morgan fingerprint density at radius 2 is 1.79 bits per heavy atom. The van der Waals surface area contributed by atoms with Gasteiger partial charge in [0, 0.05) is 18.3 Å². The summed E-state index contributed by atoms with van der Waals surface area (Å²) in [7, 11) is -2.79. The number of ether oxygens (including phenoxy) is 1. The summed E-state index contributed by atoms with van der Waals surface area (Å²) in [6.45, 7) is -0.129. The third kappa shape index (κ3) is 4.84. The monoisotopic (exact) mass is 531 g/mol. The molecular weight excluding hydrogens is 509 g/mol. The molecule has 0 amide bonds. The maximum absolute atomic E-state index is 13.5. The summed E-state index contributed by atoms with van der Waals surface area (Å²) >= 11 is 0. The third-order valence-electron chi connectivity index (χ3n) is 5.90. The lowest BCUT2D eigenvalue weighted by molar-refractivity contribution is 0.385. The summed E-state index contributed by atoms with van der Waals surface area (Å²) in [6, 6.07) is 20.9. The fourth-order valence-electron chi connectivity index (χ4n) is 4.05. The predicted molar refractivity (Wildman–Crippen MR) is 142 cm³/mol. The minimum Gasteiger partial charge on any atom is -0.480 e. The van der Waals surface area contributed by atoms with E-state index in [0.717, 1.165) is 0 Å². The topological polar surface area (TPSA) is 129 Å². The van der Waals surface area contributed by atoms with Gasteiger partial charge in [-0.1, -0.05) is 36.4 Å². The first-order chi connectivity index (χ1) is 18.3. The van der Waals surface area contributed by atoms with E-state index in [9.17, 15) is 17.6 Å². The van der Waals surface area contributed by atoms with Gasteiger partial charge in [-0.05, 0) is 53.6 Å². The molecule has 11 heteroatoms. The Kier molecular flexibility index (Phi) is 6.62. The van der Waals surface area contributed by atoms with Gasteiger partial charge in [0.25, 0.3) is 5.56 Å². The summed E-state index contributed by atoms with van der Waals surface area (Å²) < 4.78 is 48.8. The zero-order chi connectivity index (χ0) is 26.9. The number of pyridine rings is 1. The van der Waals surface area contributed by atoms with Gasteiger partial charge >= 0.3 is 0 Å². The zero-order valence-electron chi connectivity index (χ0n) is 20.1. The van der Waals surface area contributed by atoms with E-state index in [4.69, 9.17) is 10.5 Å². The number of fused-ring (bicyclic) bond motifs is 1. The number of sulfonamides is 1. The largest absolute Gasteiger partial charge is 0.480 e. The Hall–Kier alpha value is -4.61. The number of nitrogen functional groups attached to an aromatic ring is 1. The van der Waals surface area contributed by atoms with Crippen LogP contribution in [0.4, 0.5) is 10.3 Å². The fraction of sp³-hybridized carbons (Fsp3) is 0.0741. The van der Waals surface area contributed by atoms with Gasteiger partial charge in [-0.25, -0.2) is 32.1 Å². The van der Waals surface area contributed by atoms with Crippen LogP contribution in [0.15, 0.2) is 94.7 Å². The molecule has 0 unspecified atom stereocenters. The standard InChI is InChI=1S/C27H22FN5O4S/c1-37-25-24(38(35,36)31-15-17-6-5-7-20(28)12-17)14-19(16-30-25)18-10-11-23-22(13-18)26(34)33(27(29)32-23)21-8-3-2-4-9-21/h2-14,16,31H,15H2,1H3,(H2,29,32). The van der Waals surface area contributed by atoms with Crippen molar-refractivity contribution in [1.82, 2.24) is 19.3 Å². The van der Waals surface area contributed by atoms with E-state index >= 15 is 0 Å². The van der Waals surface area contributed by atoms with Crippen LogP contribution in [0.5, 0.6) is 5.88 Å². The third-order valence-corrected chi connectivity index (χ3v) is 7.29. The summed E-state index contributed by atoms with van der Waals surface area (Å²) in [6.07, 6.45) is 1.45. The lowest BCUT2D eigenvalue weighted by Gasteiger charge is -2.13. The molecule has 2 heterocycles. The van der Waals surface area contributed by atoms with Gasteiger partial charge in [0.1, 0.15) is 10.7 Å². The van der Waals surface area contributed by atoms with Crippen LogP contribution in [0.3, 0.4) is 0 Å². The molecule has 0 saturated heterocycles. The Morgan fingerprint density at radius 3 is 2.53 bits per heavy atom. The lowest BCUT2D eigenvalue weighted by Crippen LogP contribution is -2.24. The number of nitrogens with zero attached hydrogens (tertiary/aromatic N) is 3. The minimum absolute atomic E-state index is 0.0466. The molecule has 0 saturated carbocycles. The molecule has 9 nitrogen and oxygen atoms in total. The second-order valence-electron chi connectivity index (χ2n) is 8.36. The highest BCUT2D eigenvalue weighted by molar-refractivity contribution is 7.89. The molecule has 0 aliphatic carbocycles. The molecule has 3 N–H and O–H groups in total. The first-order valence-electron chi connectivity index (χ1n) is 11.4. The van der Waals surface area contributed by atoms with Crippen LogP contribution in [0, 0.1) is 5.82 Å². The van der Waals surface area contributed by atoms with E-state index < -0.39 is 15.8 Å². The molecule has 0 fully saturated rings. The molecule has 38 heavy (non-hydrogen) atoms. The average molecular weight is 532 g/mol. The van der Waals surface area contributed by atoms with Crippen LogP contribution in [0.1, 0.15) is 5.56 Å².